The predicted molar refractivity (Wildman–Crippen MR) is 95.2 cm³/mol. The van der Waals surface area contributed by atoms with Crippen molar-refractivity contribution in [1.29, 1.82) is 0 Å². The van der Waals surface area contributed by atoms with Gasteiger partial charge in [0.25, 0.3) is 0 Å². The lowest BCUT2D eigenvalue weighted by Gasteiger charge is -2.39. The summed E-state index contributed by atoms with van der Waals surface area (Å²) in [6.07, 6.45) is 3.99. The molecule has 2 rings (SSSR count). The van der Waals surface area contributed by atoms with E-state index in [4.69, 9.17) is 15.2 Å². The molecule has 0 bridgehead atoms. The highest BCUT2D eigenvalue weighted by atomic mass is 16.5. The van der Waals surface area contributed by atoms with Crippen LogP contribution in [0.1, 0.15) is 45.1 Å². The van der Waals surface area contributed by atoms with E-state index in [1.807, 2.05) is 36.9 Å². The van der Waals surface area contributed by atoms with Gasteiger partial charge in [-0.05, 0) is 44.4 Å². The van der Waals surface area contributed by atoms with Crippen LogP contribution in [0.2, 0.25) is 0 Å². The molecule has 1 aromatic rings. The van der Waals surface area contributed by atoms with E-state index >= 15 is 0 Å². The molecule has 1 saturated carbocycles. The summed E-state index contributed by atoms with van der Waals surface area (Å²) in [6, 6.07) is 5.78. The topological polar surface area (TPSA) is 64.8 Å². The van der Waals surface area contributed by atoms with Gasteiger partial charge in [0.15, 0.2) is 11.5 Å². The minimum atomic E-state index is -0.402. The summed E-state index contributed by atoms with van der Waals surface area (Å²) in [5.41, 5.74) is 7.03. The first-order valence-electron chi connectivity index (χ1n) is 8.71. The highest BCUT2D eigenvalue weighted by Crippen LogP contribution is 2.34. The smallest absolute Gasteiger partial charge is 0.227 e. The SMILES string of the molecule is CCN(Cc1ccc(OC)c(OC)c1)C(=O)C1CCCCC1(C)N. The second-order valence-corrected chi connectivity index (χ2v) is 6.85. The Morgan fingerprint density at radius 2 is 2.00 bits per heavy atom. The molecule has 2 N–H and O–H groups in total. The minimum Gasteiger partial charge on any atom is -0.493 e. The Labute approximate surface area is 145 Å². The average Bonchev–Trinajstić information content (AvgIpc) is 2.58. The van der Waals surface area contributed by atoms with Crippen LogP contribution in [0.5, 0.6) is 11.5 Å². The molecule has 1 aliphatic carbocycles. The maximum atomic E-state index is 13.0. The van der Waals surface area contributed by atoms with Crippen molar-refractivity contribution in [3.05, 3.63) is 23.8 Å². The zero-order valence-corrected chi connectivity index (χ0v) is 15.3. The Morgan fingerprint density at radius 3 is 2.58 bits per heavy atom. The number of rotatable bonds is 6. The van der Waals surface area contributed by atoms with Gasteiger partial charge in [-0.3, -0.25) is 4.79 Å². The van der Waals surface area contributed by atoms with Gasteiger partial charge >= 0.3 is 0 Å². The van der Waals surface area contributed by atoms with Crippen LogP contribution in [0.25, 0.3) is 0 Å². The molecule has 1 fully saturated rings. The zero-order valence-electron chi connectivity index (χ0n) is 15.3. The van der Waals surface area contributed by atoms with Crippen molar-refractivity contribution in [2.24, 2.45) is 11.7 Å². The van der Waals surface area contributed by atoms with E-state index in [0.717, 1.165) is 31.2 Å². The molecule has 0 radical (unpaired) electrons. The molecule has 24 heavy (non-hydrogen) atoms. The van der Waals surface area contributed by atoms with Crippen LogP contribution < -0.4 is 15.2 Å². The average molecular weight is 334 g/mol. The Kier molecular flexibility index (Phi) is 6.10. The molecule has 1 aromatic carbocycles. The van der Waals surface area contributed by atoms with Gasteiger partial charge in [0, 0.05) is 18.6 Å². The van der Waals surface area contributed by atoms with Crippen LogP contribution in [0.3, 0.4) is 0 Å². The molecule has 134 valence electrons. The number of nitrogens with two attached hydrogens (primary N) is 1. The normalized spacial score (nSPS) is 23.6. The van der Waals surface area contributed by atoms with Crippen molar-refractivity contribution >= 4 is 5.91 Å². The number of amides is 1. The highest BCUT2D eigenvalue weighted by molar-refractivity contribution is 5.80. The molecule has 0 heterocycles. The maximum absolute atomic E-state index is 13.0. The van der Waals surface area contributed by atoms with Crippen molar-refractivity contribution < 1.29 is 14.3 Å². The summed E-state index contributed by atoms with van der Waals surface area (Å²) in [6.45, 7) is 5.25. The van der Waals surface area contributed by atoms with Gasteiger partial charge in [-0.2, -0.15) is 0 Å². The van der Waals surface area contributed by atoms with Crippen LogP contribution >= 0.6 is 0 Å². The van der Waals surface area contributed by atoms with Gasteiger partial charge in [0.1, 0.15) is 0 Å². The first-order chi connectivity index (χ1) is 11.4. The van der Waals surface area contributed by atoms with E-state index in [2.05, 4.69) is 0 Å². The molecule has 1 aliphatic rings. The number of hydrogen-bond donors (Lipinski definition) is 1. The van der Waals surface area contributed by atoms with Gasteiger partial charge in [0.05, 0.1) is 20.1 Å². The van der Waals surface area contributed by atoms with Gasteiger partial charge in [0.2, 0.25) is 5.91 Å². The van der Waals surface area contributed by atoms with E-state index < -0.39 is 5.54 Å². The summed E-state index contributed by atoms with van der Waals surface area (Å²) in [4.78, 5) is 14.9. The number of benzene rings is 1. The summed E-state index contributed by atoms with van der Waals surface area (Å²) < 4.78 is 10.6. The third-order valence-electron chi connectivity index (χ3n) is 5.07. The van der Waals surface area contributed by atoms with E-state index in [1.54, 1.807) is 14.2 Å². The number of ether oxygens (including phenoxy) is 2. The molecule has 0 aliphatic heterocycles. The van der Waals surface area contributed by atoms with Crippen LogP contribution in [0, 0.1) is 5.92 Å². The number of carbonyl (C=O) groups excluding carboxylic acids is 1. The predicted octanol–water partition coefficient (Wildman–Crippen LogP) is 2.96. The summed E-state index contributed by atoms with van der Waals surface area (Å²) in [5.74, 6) is 1.44. The largest absolute Gasteiger partial charge is 0.493 e. The number of hydrogen-bond acceptors (Lipinski definition) is 4. The van der Waals surface area contributed by atoms with Crippen molar-refractivity contribution in [3.63, 3.8) is 0 Å². The molecular formula is C19H30N2O3. The number of carbonyl (C=O) groups is 1. The number of nitrogens with zero attached hydrogens (tertiary/aromatic N) is 1. The molecule has 1 amide bonds. The second kappa shape index (κ2) is 7.88. The van der Waals surface area contributed by atoms with Gasteiger partial charge in [-0.1, -0.05) is 18.9 Å². The fraction of sp³-hybridized carbons (Fsp3) is 0.632. The first kappa shape index (κ1) is 18.6. The third kappa shape index (κ3) is 4.01. The lowest BCUT2D eigenvalue weighted by atomic mass is 9.74. The standard InChI is InChI=1S/C19H30N2O3/c1-5-21(18(22)15-8-6-7-11-19(15,2)20)13-14-9-10-16(23-3)17(12-14)24-4/h9-10,12,15H,5-8,11,13,20H2,1-4H3. The van der Waals surface area contributed by atoms with Crippen molar-refractivity contribution in [2.75, 3.05) is 20.8 Å². The van der Waals surface area contributed by atoms with Crippen molar-refractivity contribution in [2.45, 2.75) is 51.6 Å². The van der Waals surface area contributed by atoms with E-state index in [1.165, 1.54) is 0 Å². The van der Waals surface area contributed by atoms with Crippen LogP contribution in [-0.4, -0.2) is 37.1 Å². The van der Waals surface area contributed by atoms with Crippen molar-refractivity contribution in [3.8, 4) is 11.5 Å². The van der Waals surface area contributed by atoms with E-state index in [-0.39, 0.29) is 11.8 Å². The Balaban J connectivity index is 2.15. The van der Waals surface area contributed by atoms with Crippen molar-refractivity contribution in [1.82, 2.24) is 4.90 Å². The van der Waals surface area contributed by atoms with Crippen LogP contribution in [-0.2, 0) is 11.3 Å². The van der Waals surface area contributed by atoms with Crippen LogP contribution in [0.4, 0.5) is 0 Å². The molecule has 5 heteroatoms. The Morgan fingerprint density at radius 1 is 1.29 bits per heavy atom. The van der Waals surface area contributed by atoms with Gasteiger partial charge in [-0.15, -0.1) is 0 Å². The van der Waals surface area contributed by atoms with E-state index in [9.17, 15) is 4.79 Å². The maximum Gasteiger partial charge on any atom is 0.227 e. The lowest BCUT2D eigenvalue weighted by molar-refractivity contribution is -0.139. The summed E-state index contributed by atoms with van der Waals surface area (Å²) >= 11 is 0. The molecule has 5 nitrogen and oxygen atoms in total. The molecule has 0 spiro atoms. The summed E-state index contributed by atoms with van der Waals surface area (Å²) in [5, 5.41) is 0. The highest BCUT2D eigenvalue weighted by Gasteiger charge is 2.39. The Hall–Kier alpha value is -1.75. The fourth-order valence-corrected chi connectivity index (χ4v) is 3.53. The van der Waals surface area contributed by atoms with Gasteiger partial charge < -0.3 is 20.1 Å². The van der Waals surface area contributed by atoms with Crippen LogP contribution in [0.15, 0.2) is 18.2 Å². The monoisotopic (exact) mass is 334 g/mol. The lowest BCUT2D eigenvalue weighted by Crippen LogP contribution is -2.53. The molecule has 0 aromatic heterocycles. The quantitative estimate of drug-likeness (QED) is 0.869. The Bertz CT molecular complexity index is 572. The molecule has 0 saturated heterocycles. The van der Waals surface area contributed by atoms with E-state index in [0.29, 0.717) is 24.6 Å². The third-order valence-corrected chi connectivity index (χ3v) is 5.07. The molecule has 2 atom stereocenters. The fourth-order valence-electron chi connectivity index (χ4n) is 3.53. The molecular weight excluding hydrogens is 304 g/mol. The first-order valence-corrected chi connectivity index (χ1v) is 8.71. The van der Waals surface area contributed by atoms with Gasteiger partial charge in [-0.25, -0.2) is 0 Å². The molecule has 2 unspecified atom stereocenters. The zero-order chi connectivity index (χ0) is 17.7. The second-order valence-electron chi connectivity index (χ2n) is 6.85. The number of methoxy groups -OCH3 is 2. The summed E-state index contributed by atoms with van der Waals surface area (Å²) in [7, 11) is 3.23. The minimum absolute atomic E-state index is 0.0913.